The molecule has 1 fully saturated rings. The van der Waals surface area contributed by atoms with Crippen molar-refractivity contribution in [3.63, 3.8) is 0 Å². The zero-order chi connectivity index (χ0) is 19.0. The lowest BCUT2D eigenvalue weighted by Gasteiger charge is -2.28. The molecule has 0 aliphatic carbocycles. The van der Waals surface area contributed by atoms with E-state index in [0.29, 0.717) is 11.8 Å². The molecule has 0 radical (unpaired) electrons. The van der Waals surface area contributed by atoms with Crippen LogP contribution in [0, 0.1) is 0 Å². The van der Waals surface area contributed by atoms with Crippen LogP contribution in [0.25, 0.3) is 21.5 Å². The number of hydrogen-bond donors (Lipinski definition) is 1. The molecule has 0 amide bonds. The second-order valence-corrected chi connectivity index (χ2v) is 7.98. The minimum Gasteiger partial charge on any atom is -0.469 e. The topological polar surface area (TPSA) is 21.3 Å². The molecule has 0 saturated carbocycles. The lowest BCUT2D eigenvalue weighted by atomic mass is 9.83. The summed E-state index contributed by atoms with van der Waals surface area (Å²) in [5.41, 5.74) is 2.39. The lowest BCUT2D eigenvalue weighted by Crippen LogP contribution is -2.47. The van der Waals surface area contributed by atoms with Crippen LogP contribution in [0.5, 0.6) is 0 Å². The van der Waals surface area contributed by atoms with Crippen LogP contribution in [0.15, 0.2) is 84.9 Å². The first-order valence-corrected chi connectivity index (χ1v) is 10.0. The third kappa shape index (κ3) is 3.12. The Kier molecular flexibility index (Phi) is 4.25. The molecule has 0 unspecified atom stereocenters. The predicted octanol–water partition coefficient (Wildman–Crippen LogP) is 5.42. The Morgan fingerprint density at radius 3 is 1.71 bits per heavy atom. The molecule has 28 heavy (non-hydrogen) atoms. The van der Waals surface area contributed by atoms with Crippen molar-refractivity contribution in [2.45, 2.75) is 18.4 Å². The average Bonchev–Trinajstić information content (AvgIpc) is 3.09. The zero-order valence-electron chi connectivity index (χ0n) is 15.5. The van der Waals surface area contributed by atoms with Crippen molar-refractivity contribution in [2.75, 3.05) is 6.61 Å². The van der Waals surface area contributed by atoms with E-state index in [-0.39, 0.29) is 5.54 Å². The second kappa shape index (κ2) is 6.92. The van der Waals surface area contributed by atoms with Crippen LogP contribution in [0.3, 0.4) is 0 Å². The van der Waals surface area contributed by atoms with Crippen LogP contribution in [-0.4, -0.2) is 17.3 Å². The van der Waals surface area contributed by atoms with Gasteiger partial charge in [0, 0.05) is 0 Å². The van der Waals surface area contributed by atoms with Crippen molar-refractivity contribution in [1.29, 1.82) is 0 Å². The van der Waals surface area contributed by atoms with Gasteiger partial charge in [-0.2, -0.15) is 0 Å². The highest BCUT2D eigenvalue weighted by Crippen LogP contribution is 2.30. The number of benzene rings is 4. The molecule has 1 N–H and O–H groups in total. The highest BCUT2D eigenvalue weighted by molar-refractivity contribution is 7.80. The number of thiocarbonyl (C=S) groups is 1. The van der Waals surface area contributed by atoms with Crippen LogP contribution >= 0.6 is 12.2 Å². The molecule has 4 aromatic carbocycles. The van der Waals surface area contributed by atoms with Crippen LogP contribution in [0.4, 0.5) is 0 Å². The van der Waals surface area contributed by atoms with Crippen molar-refractivity contribution in [3.05, 3.63) is 96.1 Å². The van der Waals surface area contributed by atoms with Gasteiger partial charge in [-0.05, 0) is 57.7 Å². The van der Waals surface area contributed by atoms with Crippen molar-refractivity contribution in [3.8, 4) is 0 Å². The van der Waals surface area contributed by atoms with Crippen LogP contribution < -0.4 is 5.32 Å². The third-order valence-electron chi connectivity index (χ3n) is 5.66. The predicted molar refractivity (Wildman–Crippen MR) is 120 cm³/mol. The fourth-order valence-corrected chi connectivity index (χ4v) is 4.64. The van der Waals surface area contributed by atoms with Gasteiger partial charge in [0.25, 0.3) is 5.17 Å². The van der Waals surface area contributed by atoms with E-state index in [0.717, 1.165) is 12.8 Å². The normalized spacial score (nSPS) is 15.5. The minimum absolute atomic E-state index is 0.245. The minimum atomic E-state index is -0.245. The van der Waals surface area contributed by atoms with Gasteiger partial charge < -0.3 is 10.1 Å². The standard InChI is InChI=1S/C25H21NOS/c28-24-26-25(17-27-24,15-20-11-5-9-18-7-1-3-13-22(18)20)16-21-12-6-10-19-8-2-4-14-23(19)21/h1-14H,15-17H2,(H,26,28). The molecule has 1 heterocycles. The number of nitrogens with one attached hydrogen (secondary N) is 1. The molecule has 0 atom stereocenters. The van der Waals surface area contributed by atoms with Gasteiger partial charge in [0.15, 0.2) is 0 Å². The molecule has 1 aliphatic heterocycles. The Bertz CT molecular complexity index is 1090. The first-order valence-electron chi connectivity index (χ1n) is 9.61. The Hall–Kier alpha value is -2.91. The Morgan fingerprint density at radius 2 is 1.21 bits per heavy atom. The van der Waals surface area contributed by atoms with Crippen molar-refractivity contribution in [1.82, 2.24) is 5.32 Å². The average molecular weight is 384 g/mol. The molecular weight excluding hydrogens is 362 g/mol. The van der Waals surface area contributed by atoms with E-state index in [1.54, 1.807) is 0 Å². The number of fused-ring (bicyclic) bond motifs is 2. The van der Waals surface area contributed by atoms with Crippen LogP contribution in [-0.2, 0) is 17.6 Å². The Morgan fingerprint density at radius 1 is 0.714 bits per heavy atom. The number of ether oxygens (including phenoxy) is 1. The van der Waals surface area contributed by atoms with E-state index in [9.17, 15) is 0 Å². The highest BCUT2D eigenvalue weighted by Gasteiger charge is 2.38. The van der Waals surface area contributed by atoms with E-state index in [1.807, 2.05) is 0 Å². The molecule has 3 heteroatoms. The molecule has 138 valence electrons. The van der Waals surface area contributed by atoms with E-state index < -0.39 is 0 Å². The quantitative estimate of drug-likeness (QED) is 0.475. The Balaban J connectivity index is 1.57. The maximum absolute atomic E-state index is 5.76. The van der Waals surface area contributed by atoms with Gasteiger partial charge in [-0.1, -0.05) is 84.9 Å². The fraction of sp³-hybridized carbons (Fsp3) is 0.160. The maximum Gasteiger partial charge on any atom is 0.257 e. The summed E-state index contributed by atoms with van der Waals surface area (Å²) in [6.07, 6.45) is 1.72. The smallest absolute Gasteiger partial charge is 0.257 e. The zero-order valence-corrected chi connectivity index (χ0v) is 16.3. The molecule has 1 saturated heterocycles. The van der Waals surface area contributed by atoms with E-state index in [2.05, 4.69) is 90.2 Å². The number of rotatable bonds is 4. The molecule has 0 aromatic heterocycles. The van der Waals surface area contributed by atoms with Crippen LogP contribution in [0.1, 0.15) is 11.1 Å². The molecule has 4 aromatic rings. The molecular formula is C25H21NOS. The van der Waals surface area contributed by atoms with E-state index >= 15 is 0 Å². The summed E-state index contributed by atoms with van der Waals surface area (Å²) in [7, 11) is 0. The SMILES string of the molecule is S=C1NC(Cc2cccc3ccccc23)(Cc2cccc3ccccc23)CO1. The summed E-state index contributed by atoms with van der Waals surface area (Å²) in [4.78, 5) is 0. The van der Waals surface area contributed by atoms with Gasteiger partial charge in [0.05, 0.1) is 5.54 Å². The summed E-state index contributed by atoms with van der Waals surface area (Å²) in [6.45, 7) is 0.582. The summed E-state index contributed by atoms with van der Waals surface area (Å²) >= 11 is 5.36. The van der Waals surface area contributed by atoms with Gasteiger partial charge >= 0.3 is 0 Å². The van der Waals surface area contributed by atoms with Gasteiger partial charge in [0.2, 0.25) is 0 Å². The van der Waals surface area contributed by atoms with Crippen LogP contribution in [0.2, 0.25) is 0 Å². The summed E-state index contributed by atoms with van der Waals surface area (Å²) in [5, 5.41) is 9.12. The maximum atomic E-state index is 5.76. The molecule has 2 nitrogen and oxygen atoms in total. The Labute approximate surface area is 170 Å². The summed E-state index contributed by atoms with van der Waals surface area (Å²) in [6, 6.07) is 30.2. The summed E-state index contributed by atoms with van der Waals surface area (Å²) < 4.78 is 5.76. The first-order chi connectivity index (χ1) is 13.7. The van der Waals surface area contributed by atoms with Crippen molar-refractivity contribution in [2.24, 2.45) is 0 Å². The van der Waals surface area contributed by atoms with E-state index in [1.165, 1.54) is 32.7 Å². The lowest BCUT2D eigenvalue weighted by molar-refractivity contribution is 0.261. The van der Waals surface area contributed by atoms with E-state index in [4.69, 9.17) is 17.0 Å². The third-order valence-corrected chi connectivity index (χ3v) is 5.88. The summed E-state index contributed by atoms with van der Waals surface area (Å²) in [5.74, 6) is 0. The number of hydrogen-bond acceptors (Lipinski definition) is 2. The van der Waals surface area contributed by atoms with Gasteiger partial charge in [-0.3, -0.25) is 0 Å². The molecule has 0 bridgehead atoms. The van der Waals surface area contributed by atoms with Gasteiger partial charge in [-0.15, -0.1) is 0 Å². The highest BCUT2D eigenvalue weighted by atomic mass is 32.1. The monoisotopic (exact) mass is 383 g/mol. The molecule has 5 rings (SSSR count). The van der Waals surface area contributed by atoms with Crippen molar-refractivity contribution < 1.29 is 4.74 Å². The van der Waals surface area contributed by atoms with Gasteiger partial charge in [0.1, 0.15) is 6.61 Å². The molecule has 1 aliphatic rings. The van der Waals surface area contributed by atoms with Crippen molar-refractivity contribution >= 4 is 38.9 Å². The van der Waals surface area contributed by atoms with Gasteiger partial charge in [-0.25, -0.2) is 0 Å². The molecule has 0 spiro atoms. The second-order valence-electron chi connectivity index (χ2n) is 7.61. The largest absolute Gasteiger partial charge is 0.469 e. The first kappa shape index (κ1) is 17.2. The fourth-order valence-electron chi connectivity index (χ4n) is 4.37.